The lowest BCUT2D eigenvalue weighted by atomic mass is 9.88. The van der Waals surface area contributed by atoms with Crippen molar-refractivity contribution in [2.75, 3.05) is 13.7 Å². The van der Waals surface area contributed by atoms with Crippen LogP contribution < -0.4 is 4.74 Å². The zero-order chi connectivity index (χ0) is 15.8. The van der Waals surface area contributed by atoms with Crippen molar-refractivity contribution in [3.8, 4) is 5.75 Å². The van der Waals surface area contributed by atoms with Crippen molar-refractivity contribution in [2.24, 2.45) is 5.92 Å². The summed E-state index contributed by atoms with van der Waals surface area (Å²) in [5.74, 6) is 1.42. The highest BCUT2D eigenvalue weighted by atomic mass is 16.5. The average molecular weight is 307 g/mol. The Morgan fingerprint density at radius 1 is 1.09 bits per heavy atom. The molecule has 0 bridgehead atoms. The Morgan fingerprint density at radius 3 is 2.52 bits per heavy atom. The lowest BCUT2D eigenvalue weighted by molar-refractivity contribution is -0.134. The van der Waals surface area contributed by atoms with Gasteiger partial charge in [-0.25, -0.2) is 0 Å². The van der Waals surface area contributed by atoms with E-state index < -0.39 is 0 Å². The van der Waals surface area contributed by atoms with Gasteiger partial charge >= 0.3 is 0 Å². The van der Waals surface area contributed by atoms with E-state index in [0.717, 1.165) is 37.1 Å². The number of nitrogens with zero attached hydrogens (tertiary/aromatic N) is 1. The zero-order valence-electron chi connectivity index (χ0n) is 13.4. The number of carbonyl (C=O) groups is 1. The topological polar surface area (TPSA) is 29.5 Å². The normalized spacial score (nSPS) is 20.0. The lowest BCUT2D eigenvalue weighted by Gasteiger charge is -2.38. The number of hydrogen-bond donors (Lipinski definition) is 0. The number of hydrogen-bond acceptors (Lipinski definition) is 2. The number of rotatable bonds is 3. The molecule has 2 aliphatic rings. The summed E-state index contributed by atoms with van der Waals surface area (Å²) in [6.45, 7) is 0.809. The molecule has 4 rings (SSSR count). The van der Waals surface area contributed by atoms with Crippen molar-refractivity contribution >= 4 is 5.91 Å². The first-order chi connectivity index (χ1) is 11.3. The minimum absolute atomic E-state index is 0.0268. The molecule has 1 unspecified atom stereocenters. The van der Waals surface area contributed by atoms with E-state index in [1.165, 1.54) is 11.1 Å². The zero-order valence-corrected chi connectivity index (χ0v) is 13.4. The maximum absolute atomic E-state index is 12.8. The van der Waals surface area contributed by atoms with E-state index in [-0.39, 0.29) is 12.0 Å². The van der Waals surface area contributed by atoms with Crippen molar-refractivity contribution in [1.29, 1.82) is 0 Å². The Morgan fingerprint density at radius 2 is 1.83 bits per heavy atom. The Labute approximate surface area is 136 Å². The average Bonchev–Trinajstić information content (AvgIpc) is 3.45. The highest BCUT2D eigenvalue weighted by Crippen LogP contribution is 2.40. The van der Waals surface area contributed by atoms with Gasteiger partial charge in [-0.15, -0.1) is 0 Å². The van der Waals surface area contributed by atoms with Gasteiger partial charge in [0.2, 0.25) is 5.91 Å². The Hall–Kier alpha value is -2.29. The third-order valence-corrected chi connectivity index (χ3v) is 4.92. The summed E-state index contributed by atoms with van der Waals surface area (Å²) in [4.78, 5) is 14.9. The van der Waals surface area contributed by atoms with Gasteiger partial charge in [0.25, 0.3) is 0 Å². The molecule has 0 radical (unpaired) electrons. The lowest BCUT2D eigenvalue weighted by Crippen LogP contribution is -2.41. The van der Waals surface area contributed by atoms with Crippen LogP contribution in [0.1, 0.15) is 35.6 Å². The first-order valence-electron chi connectivity index (χ1n) is 8.30. The molecule has 2 aromatic carbocycles. The smallest absolute Gasteiger partial charge is 0.226 e. The van der Waals surface area contributed by atoms with Crippen LogP contribution in [0.3, 0.4) is 0 Å². The number of fused-ring (bicyclic) bond motifs is 1. The molecule has 3 nitrogen and oxygen atoms in total. The third-order valence-electron chi connectivity index (χ3n) is 4.92. The number of benzene rings is 2. The number of methoxy groups -OCH3 is 1. The van der Waals surface area contributed by atoms with Crippen LogP contribution in [0.25, 0.3) is 0 Å². The molecule has 1 amide bonds. The predicted octanol–water partition coefficient (Wildman–Crippen LogP) is 3.58. The highest BCUT2D eigenvalue weighted by Gasteiger charge is 2.39. The quantitative estimate of drug-likeness (QED) is 0.867. The molecular weight excluding hydrogens is 286 g/mol. The molecule has 0 spiro atoms. The molecule has 1 aliphatic heterocycles. The van der Waals surface area contributed by atoms with Gasteiger partial charge < -0.3 is 9.64 Å². The molecule has 0 N–H and O–H groups in total. The molecule has 0 saturated heterocycles. The summed E-state index contributed by atoms with van der Waals surface area (Å²) in [6.07, 6.45) is 3.04. The van der Waals surface area contributed by atoms with Crippen molar-refractivity contribution < 1.29 is 9.53 Å². The minimum Gasteiger partial charge on any atom is -0.497 e. The fourth-order valence-electron chi connectivity index (χ4n) is 3.51. The Kier molecular flexibility index (Phi) is 3.56. The van der Waals surface area contributed by atoms with Crippen molar-refractivity contribution in [3.63, 3.8) is 0 Å². The van der Waals surface area contributed by atoms with Crippen LogP contribution in [-0.4, -0.2) is 24.5 Å². The van der Waals surface area contributed by atoms with E-state index in [9.17, 15) is 4.79 Å². The predicted molar refractivity (Wildman–Crippen MR) is 89.4 cm³/mol. The number of amides is 1. The second-order valence-corrected chi connectivity index (χ2v) is 6.43. The van der Waals surface area contributed by atoms with E-state index >= 15 is 0 Å². The third kappa shape index (κ3) is 2.61. The van der Waals surface area contributed by atoms with Gasteiger partial charge in [-0.1, -0.05) is 36.4 Å². The van der Waals surface area contributed by atoms with Gasteiger partial charge in [0.05, 0.1) is 13.2 Å². The van der Waals surface area contributed by atoms with Crippen molar-refractivity contribution in [3.05, 3.63) is 65.2 Å². The standard InChI is InChI=1S/C20H21NO2/c1-23-17-10-8-15(9-11-17)19-18-5-3-2-4-14(18)12-13-21(19)20(22)16-6-7-16/h2-5,8-11,16,19H,6-7,12-13H2,1H3. The monoisotopic (exact) mass is 307 g/mol. The molecule has 1 aliphatic carbocycles. The van der Waals surface area contributed by atoms with Crippen molar-refractivity contribution in [2.45, 2.75) is 25.3 Å². The van der Waals surface area contributed by atoms with Gasteiger partial charge in [-0.2, -0.15) is 0 Å². The van der Waals surface area contributed by atoms with Crippen LogP contribution in [0.4, 0.5) is 0 Å². The molecule has 1 fully saturated rings. The summed E-state index contributed by atoms with van der Waals surface area (Å²) >= 11 is 0. The molecule has 2 aromatic rings. The van der Waals surface area contributed by atoms with E-state index in [4.69, 9.17) is 4.74 Å². The molecule has 118 valence electrons. The summed E-state index contributed by atoms with van der Waals surface area (Å²) in [7, 11) is 1.67. The first kappa shape index (κ1) is 14.3. The molecule has 1 saturated carbocycles. The van der Waals surface area contributed by atoms with Gasteiger partial charge in [-0.3, -0.25) is 4.79 Å². The minimum atomic E-state index is 0.0268. The Balaban J connectivity index is 1.76. The fraction of sp³-hybridized carbons (Fsp3) is 0.350. The van der Waals surface area contributed by atoms with Crippen LogP contribution in [-0.2, 0) is 11.2 Å². The molecule has 1 atom stereocenters. The second kappa shape index (κ2) is 5.73. The van der Waals surface area contributed by atoms with E-state index in [2.05, 4.69) is 41.3 Å². The Bertz CT molecular complexity index is 719. The summed E-state index contributed by atoms with van der Waals surface area (Å²) in [5.41, 5.74) is 3.78. The highest BCUT2D eigenvalue weighted by molar-refractivity contribution is 5.82. The van der Waals surface area contributed by atoms with E-state index in [0.29, 0.717) is 5.91 Å². The van der Waals surface area contributed by atoms with Crippen LogP contribution in [0, 0.1) is 5.92 Å². The number of carbonyl (C=O) groups excluding carboxylic acids is 1. The SMILES string of the molecule is COc1ccc(C2c3ccccc3CCN2C(=O)C2CC2)cc1. The maximum atomic E-state index is 12.8. The van der Waals surface area contributed by atoms with Crippen LogP contribution in [0.15, 0.2) is 48.5 Å². The van der Waals surface area contributed by atoms with Gasteiger partial charge in [0, 0.05) is 12.5 Å². The largest absolute Gasteiger partial charge is 0.497 e. The van der Waals surface area contributed by atoms with Gasteiger partial charge in [0.1, 0.15) is 5.75 Å². The molecule has 3 heteroatoms. The van der Waals surface area contributed by atoms with E-state index in [1.54, 1.807) is 7.11 Å². The van der Waals surface area contributed by atoms with Crippen molar-refractivity contribution in [1.82, 2.24) is 4.90 Å². The maximum Gasteiger partial charge on any atom is 0.226 e. The molecule has 0 aromatic heterocycles. The van der Waals surface area contributed by atoms with Crippen LogP contribution >= 0.6 is 0 Å². The fourth-order valence-corrected chi connectivity index (χ4v) is 3.51. The summed E-state index contributed by atoms with van der Waals surface area (Å²) < 4.78 is 5.27. The van der Waals surface area contributed by atoms with E-state index in [1.807, 2.05) is 12.1 Å². The summed E-state index contributed by atoms with van der Waals surface area (Å²) in [6, 6.07) is 16.7. The molecular formula is C20H21NO2. The van der Waals surface area contributed by atoms with Gasteiger partial charge in [0.15, 0.2) is 0 Å². The number of ether oxygens (including phenoxy) is 1. The molecule has 1 heterocycles. The van der Waals surface area contributed by atoms with Crippen LogP contribution in [0.5, 0.6) is 5.75 Å². The van der Waals surface area contributed by atoms with Crippen LogP contribution in [0.2, 0.25) is 0 Å². The summed E-state index contributed by atoms with van der Waals surface area (Å²) in [5, 5.41) is 0. The van der Waals surface area contributed by atoms with Gasteiger partial charge in [-0.05, 0) is 48.1 Å². The second-order valence-electron chi connectivity index (χ2n) is 6.43. The first-order valence-corrected chi connectivity index (χ1v) is 8.30. The molecule has 23 heavy (non-hydrogen) atoms.